The Labute approximate surface area is 123 Å². The van der Waals surface area contributed by atoms with Gasteiger partial charge in [-0.15, -0.1) is 11.6 Å². The molecule has 0 aliphatic carbocycles. The van der Waals surface area contributed by atoms with Crippen molar-refractivity contribution in [2.24, 2.45) is 0 Å². The molecule has 2 heterocycles. The number of nitrogens with one attached hydrogen (secondary N) is 1. The standard InChI is InChI=1S/C14H19ClN4O/c1-2-8-16-13(20)6-10-19-12(5-7-15)18-11-4-3-9-17-14(11)19/h3-4,9H,2,5-8,10H2,1H3,(H,16,20). The molecule has 0 atom stereocenters. The summed E-state index contributed by atoms with van der Waals surface area (Å²) in [7, 11) is 0. The topological polar surface area (TPSA) is 59.8 Å². The van der Waals surface area contributed by atoms with E-state index >= 15 is 0 Å². The molecule has 6 heteroatoms. The van der Waals surface area contributed by atoms with Crippen LogP contribution in [0.3, 0.4) is 0 Å². The van der Waals surface area contributed by atoms with Gasteiger partial charge in [-0.1, -0.05) is 6.92 Å². The molecule has 0 saturated heterocycles. The summed E-state index contributed by atoms with van der Waals surface area (Å²) in [4.78, 5) is 20.6. The van der Waals surface area contributed by atoms with E-state index in [2.05, 4.69) is 15.3 Å². The van der Waals surface area contributed by atoms with E-state index in [1.807, 2.05) is 23.6 Å². The summed E-state index contributed by atoms with van der Waals surface area (Å²) in [5.41, 5.74) is 1.66. The molecule has 2 rings (SSSR count). The van der Waals surface area contributed by atoms with Crippen LogP contribution < -0.4 is 5.32 Å². The molecule has 0 spiro atoms. The highest BCUT2D eigenvalue weighted by Gasteiger charge is 2.12. The van der Waals surface area contributed by atoms with Crippen molar-refractivity contribution in [3.05, 3.63) is 24.2 Å². The molecule has 1 N–H and O–H groups in total. The quantitative estimate of drug-likeness (QED) is 0.796. The summed E-state index contributed by atoms with van der Waals surface area (Å²) in [6.45, 7) is 3.33. The Balaban J connectivity index is 2.14. The van der Waals surface area contributed by atoms with Crippen molar-refractivity contribution in [2.75, 3.05) is 12.4 Å². The number of nitrogens with zero attached hydrogens (tertiary/aromatic N) is 3. The second kappa shape index (κ2) is 7.24. The lowest BCUT2D eigenvalue weighted by molar-refractivity contribution is -0.121. The monoisotopic (exact) mass is 294 g/mol. The Kier molecular flexibility index (Phi) is 5.35. The third-order valence-electron chi connectivity index (χ3n) is 3.04. The molecule has 5 nitrogen and oxygen atoms in total. The maximum absolute atomic E-state index is 11.7. The van der Waals surface area contributed by atoms with Crippen LogP contribution >= 0.6 is 11.6 Å². The van der Waals surface area contributed by atoms with Crippen molar-refractivity contribution in [1.29, 1.82) is 0 Å². The molecule has 0 unspecified atom stereocenters. The zero-order valence-electron chi connectivity index (χ0n) is 11.6. The number of carbonyl (C=O) groups excluding carboxylic acids is 1. The number of pyridine rings is 1. The first-order chi connectivity index (χ1) is 9.76. The highest BCUT2D eigenvalue weighted by Crippen LogP contribution is 2.15. The summed E-state index contributed by atoms with van der Waals surface area (Å²) in [6.07, 6.45) is 3.78. The molecule has 0 aromatic carbocycles. The average Bonchev–Trinajstić information content (AvgIpc) is 2.81. The second-order valence-electron chi connectivity index (χ2n) is 4.56. The summed E-state index contributed by atoms with van der Waals surface area (Å²) in [5.74, 6) is 1.45. The van der Waals surface area contributed by atoms with E-state index in [0.717, 1.165) is 30.0 Å². The first-order valence-electron chi connectivity index (χ1n) is 6.89. The number of aromatic nitrogens is 3. The number of amides is 1. The molecule has 0 saturated carbocycles. The van der Waals surface area contributed by atoms with Crippen molar-refractivity contribution < 1.29 is 4.79 Å². The van der Waals surface area contributed by atoms with E-state index in [-0.39, 0.29) is 5.91 Å². The number of hydrogen-bond donors (Lipinski definition) is 1. The number of halogens is 1. The Morgan fingerprint density at radius 3 is 3.10 bits per heavy atom. The van der Waals surface area contributed by atoms with Crippen LogP contribution in [0.5, 0.6) is 0 Å². The van der Waals surface area contributed by atoms with Gasteiger partial charge in [0.25, 0.3) is 0 Å². The Morgan fingerprint density at radius 2 is 2.35 bits per heavy atom. The third kappa shape index (κ3) is 3.48. The first kappa shape index (κ1) is 14.8. The molecule has 0 aliphatic rings. The van der Waals surface area contributed by atoms with Gasteiger partial charge < -0.3 is 9.88 Å². The van der Waals surface area contributed by atoms with Crippen LogP contribution in [0.1, 0.15) is 25.6 Å². The lowest BCUT2D eigenvalue weighted by atomic mass is 10.3. The Morgan fingerprint density at radius 1 is 1.50 bits per heavy atom. The van der Waals surface area contributed by atoms with Crippen LogP contribution in [0.25, 0.3) is 11.2 Å². The first-order valence-corrected chi connectivity index (χ1v) is 7.42. The molecule has 0 fully saturated rings. The Hall–Kier alpha value is -1.62. The van der Waals surface area contributed by atoms with Crippen molar-refractivity contribution >= 4 is 28.7 Å². The fourth-order valence-electron chi connectivity index (χ4n) is 2.08. The summed E-state index contributed by atoms with van der Waals surface area (Å²) >= 11 is 5.81. The van der Waals surface area contributed by atoms with Crippen LogP contribution in [-0.2, 0) is 17.8 Å². The highest BCUT2D eigenvalue weighted by molar-refractivity contribution is 6.17. The number of hydrogen-bond acceptors (Lipinski definition) is 3. The van der Waals surface area contributed by atoms with Crippen LogP contribution in [0.15, 0.2) is 18.3 Å². The number of aryl methyl sites for hydroxylation is 2. The largest absolute Gasteiger partial charge is 0.356 e. The van der Waals surface area contributed by atoms with Gasteiger partial charge in [0.1, 0.15) is 11.3 Å². The van der Waals surface area contributed by atoms with Gasteiger partial charge in [0, 0.05) is 38.0 Å². The third-order valence-corrected chi connectivity index (χ3v) is 3.22. The Bertz CT molecular complexity index is 582. The minimum absolute atomic E-state index is 0.0569. The summed E-state index contributed by atoms with van der Waals surface area (Å²) < 4.78 is 1.99. The molecule has 2 aromatic rings. The minimum Gasteiger partial charge on any atom is -0.356 e. The summed E-state index contributed by atoms with van der Waals surface area (Å²) in [5, 5.41) is 2.88. The lowest BCUT2D eigenvalue weighted by Crippen LogP contribution is -2.25. The molecule has 1 amide bonds. The van der Waals surface area contributed by atoms with E-state index < -0.39 is 0 Å². The number of carbonyl (C=O) groups is 1. The van der Waals surface area contributed by atoms with Crippen LogP contribution in [-0.4, -0.2) is 32.9 Å². The average molecular weight is 295 g/mol. The predicted molar refractivity (Wildman–Crippen MR) is 79.9 cm³/mol. The fourth-order valence-corrected chi connectivity index (χ4v) is 2.25. The zero-order valence-corrected chi connectivity index (χ0v) is 12.4. The van der Waals surface area contributed by atoms with Gasteiger partial charge in [-0.05, 0) is 18.6 Å². The molecule has 2 aromatic heterocycles. The van der Waals surface area contributed by atoms with Gasteiger partial charge in [0.05, 0.1) is 0 Å². The van der Waals surface area contributed by atoms with Crippen molar-refractivity contribution in [1.82, 2.24) is 19.9 Å². The number of imidazole rings is 1. The van der Waals surface area contributed by atoms with Crippen LogP contribution in [0.2, 0.25) is 0 Å². The van der Waals surface area contributed by atoms with Crippen molar-refractivity contribution in [3.63, 3.8) is 0 Å². The van der Waals surface area contributed by atoms with E-state index in [1.54, 1.807) is 6.20 Å². The molecule has 0 radical (unpaired) electrons. The molecule has 0 bridgehead atoms. The molecule has 108 valence electrons. The number of rotatable bonds is 7. The number of alkyl halides is 1. The molecular weight excluding hydrogens is 276 g/mol. The van der Waals surface area contributed by atoms with E-state index in [0.29, 0.717) is 25.3 Å². The van der Waals surface area contributed by atoms with Crippen molar-refractivity contribution in [2.45, 2.75) is 32.7 Å². The van der Waals surface area contributed by atoms with Gasteiger partial charge in [-0.2, -0.15) is 0 Å². The lowest BCUT2D eigenvalue weighted by Gasteiger charge is -2.08. The van der Waals surface area contributed by atoms with E-state index in [4.69, 9.17) is 11.6 Å². The van der Waals surface area contributed by atoms with Gasteiger partial charge in [0.2, 0.25) is 5.91 Å². The minimum atomic E-state index is 0.0569. The van der Waals surface area contributed by atoms with Crippen LogP contribution in [0.4, 0.5) is 0 Å². The smallest absolute Gasteiger partial charge is 0.221 e. The maximum Gasteiger partial charge on any atom is 0.221 e. The van der Waals surface area contributed by atoms with Gasteiger partial charge in [0.15, 0.2) is 5.65 Å². The van der Waals surface area contributed by atoms with Gasteiger partial charge in [-0.25, -0.2) is 9.97 Å². The second-order valence-corrected chi connectivity index (χ2v) is 4.94. The van der Waals surface area contributed by atoms with Gasteiger partial charge >= 0.3 is 0 Å². The van der Waals surface area contributed by atoms with E-state index in [9.17, 15) is 4.79 Å². The predicted octanol–water partition coefficient (Wildman–Crippen LogP) is 2.13. The normalized spacial score (nSPS) is 10.9. The summed E-state index contributed by atoms with van der Waals surface area (Å²) in [6, 6.07) is 3.78. The molecule has 0 aliphatic heterocycles. The van der Waals surface area contributed by atoms with Gasteiger partial charge in [-0.3, -0.25) is 4.79 Å². The van der Waals surface area contributed by atoms with E-state index in [1.165, 1.54) is 0 Å². The molecular formula is C14H19ClN4O. The zero-order chi connectivity index (χ0) is 14.4. The van der Waals surface area contributed by atoms with Crippen molar-refractivity contribution in [3.8, 4) is 0 Å². The molecule has 20 heavy (non-hydrogen) atoms. The highest BCUT2D eigenvalue weighted by atomic mass is 35.5. The SMILES string of the molecule is CCCNC(=O)CCn1c(CCCl)nc2cccnc21. The number of fused-ring (bicyclic) bond motifs is 1. The maximum atomic E-state index is 11.7. The fraction of sp³-hybridized carbons (Fsp3) is 0.500. The van der Waals surface area contributed by atoms with Crippen LogP contribution in [0, 0.1) is 0 Å².